The second-order valence-electron chi connectivity index (χ2n) is 8.62. The minimum absolute atomic E-state index is 0.0450. The van der Waals surface area contributed by atoms with Crippen molar-refractivity contribution in [3.8, 4) is 0 Å². The summed E-state index contributed by atoms with van der Waals surface area (Å²) in [7, 11) is 1.60. The number of nitrogens with zero attached hydrogens (tertiary/aromatic N) is 2. The van der Waals surface area contributed by atoms with Crippen molar-refractivity contribution in [1.29, 1.82) is 0 Å². The Kier molecular flexibility index (Phi) is 13.6. The van der Waals surface area contributed by atoms with Crippen LogP contribution in [0.3, 0.4) is 0 Å². The van der Waals surface area contributed by atoms with Crippen molar-refractivity contribution < 1.29 is 24.0 Å². The van der Waals surface area contributed by atoms with E-state index < -0.39 is 6.04 Å². The molecule has 1 heterocycles. The van der Waals surface area contributed by atoms with Crippen LogP contribution in [-0.2, 0) is 24.0 Å². The first-order chi connectivity index (χ1) is 14.5. The van der Waals surface area contributed by atoms with Gasteiger partial charge < -0.3 is 10.2 Å². The molecule has 1 saturated heterocycles. The normalized spacial score (nSPS) is 16.6. The molecule has 1 N–H and O–H groups in total. The number of carbonyl (C=O) groups is 5. The highest BCUT2D eigenvalue weighted by molar-refractivity contribution is 6.03. The average Bonchev–Trinajstić information content (AvgIpc) is 2.92. The predicted octanol–water partition coefficient (Wildman–Crippen LogP) is 2.55. The van der Waals surface area contributed by atoms with Gasteiger partial charge in [-0.05, 0) is 25.7 Å². The van der Waals surface area contributed by atoms with Crippen molar-refractivity contribution in [2.45, 2.75) is 86.1 Å². The Morgan fingerprint density at radius 2 is 1.71 bits per heavy atom. The summed E-state index contributed by atoms with van der Waals surface area (Å²) in [6.07, 6.45) is 3.82. The van der Waals surface area contributed by atoms with E-state index in [0.29, 0.717) is 25.8 Å². The van der Waals surface area contributed by atoms with Crippen LogP contribution in [0.4, 0.5) is 0 Å². The Morgan fingerprint density at radius 1 is 1.13 bits per heavy atom. The van der Waals surface area contributed by atoms with E-state index in [1.807, 2.05) is 13.8 Å². The Bertz CT molecular complexity index is 633. The molecule has 8 heteroatoms. The van der Waals surface area contributed by atoms with Gasteiger partial charge in [0, 0.05) is 32.4 Å². The molecule has 0 spiro atoms. The summed E-state index contributed by atoms with van der Waals surface area (Å²) < 4.78 is 0. The molecule has 4 amide bonds. The molecule has 178 valence electrons. The summed E-state index contributed by atoms with van der Waals surface area (Å²) in [5.74, 6) is -1.17. The van der Waals surface area contributed by atoms with E-state index in [1.165, 1.54) is 23.1 Å². The first kappa shape index (κ1) is 28.8. The number of imide groups is 1. The van der Waals surface area contributed by atoms with Gasteiger partial charge in [0.25, 0.3) is 0 Å². The third-order valence-corrected chi connectivity index (χ3v) is 4.96. The molecule has 0 aliphatic carbocycles. The molecule has 1 aliphatic rings. The lowest BCUT2D eigenvalue weighted by atomic mass is 10.0. The van der Waals surface area contributed by atoms with E-state index >= 15 is 0 Å². The number of likely N-dealkylation sites (N-methyl/N-ethyl adjacent to an activating group) is 1. The zero-order chi connectivity index (χ0) is 24.1. The van der Waals surface area contributed by atoms with E-state index in [1.54, 1.807) is 14.0 Å². The quantitative estimate of drug-likeness (QED) is 0.394. The van der Waals surface area contributed by atoms with Crippen molar-refractivity contribution in [2.24, 2.45) is 11.8 Å². The first-order valence-corrected chi connectivity index (χ1v) is 11.3. The number of carbonyl (C=O) groups excluding carboxylic acids is 5. The standard InChI is InChI=1S/C20H33N3O5.C3H8/c1-13(2)18(19(27)21-12-15(4)24)22(5)16(25)9-7-6-8-10-23-17(26)11-14(3)20(23)28;1-3-2/h13-14,18H,6-12H2,1-5H3,(H,21,27);3H2,1-2H3. The lowest BCUT2D eigenvalue weighted by Crippen LogP contribution is -2.51. The lowest BCUT2D eigenvalue weighted by Gasteiger charge is -2.30. The zero-order valence-electron chi connectivity index (χ0n) is 20.3. The van der Waals surface area contributed by atoms with Gasteiger partial charge in [0.15, 0.2) is 0 Å². The first-order valence-electron chi connectivity index (χ1n) is 11.3. The number of Topliss-reactive ketones (excluding diaryl/α,β-unsaturated/α-hetero) is 1. The molecule has 1 fully saturated rings. The highest BCUT2D eigenvalue weighted by atomic mass is 16.2. The monoisotopic (exact) mass is 439 g/mol. The molecule has 0 aromatic rings. The molecular weight excluding hydrogens is 398 g/mol. The van der Waals surface area contributed by atoms with Crippen LogP contribution >= 0.6 is 0 Å². The Morgan fingerprint density at radius 3 is 2.16 bits per heavy atom. The maximum Gasteiger partial charge on any atom is 0.243 e. The third kappa shape index (κ3) is 10.1. The van der Waals surface area contributed by atoms with Crippen LogP contribution in [0, 0.1) is 11.8 Å². The number of likely N-dealkylation sites (tertiary alicyclic amines) is 1. The van der Waals surface area contributed by atoms with Gasteiger partial charge in [0.1, 0.15) is 11.8 Å². The van der Waals surface area contributed by atoms with Gasteiger partial charge in [0.2, 0.25) is 23.6 Å². The van der Waals surface area contributed by atoms with Gasteiger partial charge in [0.05, 0.1) is 6.54 Å². The van der Waals surface area contributed by atoms with Crippen molar-refractivity contribution in [3.05, 3.63) is 0 Å². The second kappa shape index (κ2) is 14.7. The third-order valence-electron chi connectivity index (χ3n) is 4.96. The molecule has 0 radical (unpaired) electrons. The molecule has 31 heavy (non-hydrogen) atoms. The van der Waals surface area contributed by atoms with Crippen molar-refractivity contribution in [1.82, 2.24) is 15.1 Å². The van der Waals surface area contributed by atoms with Crippen LogP contribution in [0.15, 0.2) is 0 Å². The second-order valence-corrected chi connectivity index (χ2v) is 8.62. The molecule has 0 saturated carbocycles. The SMILES string of the molecule is CC(=O)CNC(=O)C(C(C)C)N(C)C(=O)CCCCCN1C(=O)CC(C)C1=O.CCC. The fourth-order valence-electron chi connectivity index (χ4n) is 3.38. The summed E-state index contributed by atoms with van der Waals surface area (Å²) in [5.41, 5.74) is 0. The molecule has 0 bridgehead atoms. The molecule has 0 aromatic carbocycles. The van der Waals surface area contributed by atoms with Crippen molar-refractivity contribution >= 4 is 29.4 Å². The van der Waals surface area contributed by atoms with Crippen LogP contribution in [0.1, 0.15) is 80.1 Å². The predicted molar refractivity (Wildman–Crippen MR) is 120 cm³/mol. The molecular formula is C23H41N3O5. The number of rotatable bonds is 11. The van der Waals surface area contributed by atoms with Crippen LogP contribution < -0.4 is 5.32 Å². The van der Waals surface area contributed by atoms with Crippen LogP contribution in [-0.4, -0.2) is 65.4 Å². The summed E-state index contributed by atoms with van der Waals surface area (Å²) in [6.45, 7) is 11.5. The Labute approximate surface area is 187 Å². The van der Waals surface area contributed by atoms with Gasteiger partial charge in [-0.25, -0.2) is 0 Å². The molecule has 1 rings (SSSR count). The summed E-state index contributed by atoms with van der Waals surface area (Å²) in [6, 6.07) is -0.631. The maximum absolute atomic E-state index is 12.5. The van der Waals surface area contributed by atoms with Gasteiger partial charge in [-0.1, -0.05) is 47.5 Å². The lowest BCUT2D eigenvalue weighted by molar-refractivity contribution is -0.141. The van der Waals surface area contributed by atoms with Crippen molar-refractivity contribution in [2.75, 3.05) is 20.1 Å². The number of unbranched alkanes of at least 4 members (excludes halogenated alkanes) is 2. The minimum atomic E-state index is -0.631. The van der Waals surface area contributed by atoms with E-state index in [2.05, 4.69) is 19.2 Å². The fourth-order valence-corrected chi connectivity index (χ4v) is 3.38. The molecule has 0 aromatic heterocycles. The number of nitrogens with one attached hydrogen (secondary N) is 1. The maximum atomic E-state index is 12.5. The topological polar surface area (TPSA) is 104 Å². The highest BCUT2D eigenvalue weighted by Crippen LogP contribution is 2.19. The molecule has 2 unspecified atom stereocenters. The number of amides is 4. The van der Waals surface area contributed by atoms with E-state index in [4.69, 9.17) is 0 Å². The van der Waals surface area contributed by atoms with E-state index in [9.17, 15) is 24.0 Å². The summed E-state index contributed by atoms with van der Waals surface area (Å²) >= 11 is 0. The number of hydrogen-bond acceptors (Lipinski definition) is 5. The van der Waals surface area contributed by atoms with Gasteiger partial charge in [-0.3, -0.25) is 28.9 Å². The Hall–Kier alpha value is -2.25. The van der Waals surface area contributed by atoms with Gasteiger partial charge in [-0.2, -0.15) is 0 Å². The largest absolute Gasteiger partial charge is 0.347 e. The average molecular weight is 440 g/mol. The van der Waals surface area contributed by atoms with Gasteiger partial charge >= 0.3 is 0 Å². The fraction of sp³-hybridized carbons (Fsp3) is 0.783. The molecule has 8 nitrogen and oxygen atoms in total. The minimum Gasteiger partial charge on any atom is -0.347 e. The zero-order valence-corrected chi connectivity index (χ0v) is 20.3. The van der Waals surface area contributed by atoms with Crippen molar-refractivity contribution in [3.63, 3.8) is 0 Å². The number of ketones is 1. The van der Waals surface area contributed by atoms with E-state index in [0.717, 1.165) is 0 Å². The highest BCUT2D eigenvalue weighted by Gasteiger charge is 2.34. The summed E-state index contributed by atoms with van der Waals surface area (Å²) in [4.78, 5) is 62.2. The molecule has 2 atom stereocenters. The molecule has 1 aliphatic heterocycles. The van der Waals surface area contributed by atoms with E-state index in [-0.39, 0.29) is 60.6 Å². The van der Waals surface area contributed by atoms with Crippen LogP contribution in [0.2, 0.25) is 0 Å². The summed E-state index contributed by atoms with van der Waals surface area (Å²) in [5, 5.41) is 2.57. The smallest absolute Gasteiger partial charge is 0.243 e. The van der Waals surface area contributed by atoms with Gasteiger partial charge in [-0.15, -0.1) is 0 Å². The van der Waals surface area contributed by atoms with Crippen LogP contribution in [0.5, 0.6) is 0 Å². The van der Waals surface area contributed by atoms with Crippen LogP contribution in [0.25, 0.3) is 0 Å². The number of hydrogen-bond donors (Lipinski definition) is 1. The Balaban J connectivity index is 0.00000282.